The Hall–Kier alpha value is -4.02. The highest BCUT2D eigenvalue weighted by Gasteiger charge is 2.27. The fourth-order valence-corrected chi connectivity index (χ4v) is 3.44. The van der Waals surface area contributed by atoms with E-state index < -0.39 is 4.92 Å². The number of nitrogens with one attached hydrogen (secondary N) is 1. The fourth-order valence-electron chi connectivity index (χ4n) is 3.44. The Morgan fingerprint density at radius 2 is 1.83 bits per heavy atom. The van der Waals surface area contributed by atoms with Crippen LogP contribution in [0.25, 0.3) is 5.69 Å². The number of benzene rings is 2. The van der Waals surface area contributed by atoms with Crippen molar-refractivity contribution in [1.29, 1.82) is 0 Å². The highest BCUT2D eigenvalue weighted by atomic mass is 16.6. The van der Waals surface area contributed by atoms with Crippen LogP contribution < -0.4 is 10.2 Å². The van der Waals surface area contributed by atoms with Gasteiger partial charge in [-0.15, -0.1) is 0 Å². The van der Waals surface area contributed by atoms with Gasteiger partial charge >= 0.3 is 0 Å². The largest absolute Gasteiger partial charge is 0.383 e. The lowest BCUT2D eigenvalue weighted by Crippen LogP contribution is -2.49. The molecule has 0 atom stereocenters. The van der Waals surface area contributed by atoms with Gasteiger partial charge in [-0.1, -0.05) is 23.3 Å². The highest BCUT2D eigenvalue weighted by Crippen LogP contribution is 2.26. The molecule has 154 valence electrons. The second-order valence-corrected chi connectivity index (χ2v) is 6.74. The van der Waals surface area contributed by atoms with E-state index in [1.54, 1.807) is 28.8 Å². The second kappa shape index (κ2) is 8.15. The number of nitrogens with zero attached hydrogens (tertiary/aromatic N) is 7. The third-order valence-electron chi connectivity index (χ3n) is 5.01. The average molecular weight is 408 g/mol. The molecular weight excluding hydrogens is 388 g/mol. The van der Waals surface area contributed by atoms with Gasteiger partial charge in [0.05, 0.1) is 10.6 Å². The number of amides is 1. The Balaban J connectivity index is 1.47. The van der Waals surface area contributed by atoms with Gasteiger partial charge in [0.1, 0.15) is 5.69 Å². The molecule has 0 unspecified atom stereocenters. The normalized spacial score (nSPS) is 13.9. The molecule has 4 rings (SSSR count). The van der Waals surface area contributed by atoms with Crippen LogP contribution in [0.1, 0.15) is 10.4 Å². The molecule has 1 aliphatic rings. The summed E-state index contributed by atoms with van der Waals surface area (Å²) in [4.78, 5) is 27.3. The van der Waals surface area contributed by atoms with Crippen LogP contribution in [0.3, 0.4) is 0 Å². The van der Waals surface area contributed by atoms with Crippen LogP contribution in [0.4, 0.5) is 17.3 Å². The lowest BCUT2D eigenvalue weighted by atomic mass is 10.1. The first-order valence-corrected chi connectivity index (χ1v) is 9.42. The predicted octanol–water partition coefficient (Wildman–Crippen LogP) is 1.57. The van der Waals surface area contributed by atoms with Gasteiger partial charge in [-0.25, -0.2) is 0 Å². The summed E-state index contributed by atoms with van der Waals surface area (Å²) in [7, 11) is 1.60. The van der Waals surface area contributed by atoms with Gasteiger partial charge in [0, 0.05) is 44.9 Å². The molecule has 0 aliphatic carbocycles. The first-order chi connectivity index (χ1) is 14.6. The smallest absolute Gasteiger partial charge is 0.293 e. The van der Waals surface area contributed by atoms with E-state index in [0.717, 1.165) is 5.69 Å². The Morgan fingerprint density at radius 1 is 1.10 bits per heavy atom. The number of tetrazole rings is 1. The van der Waals surface area contributed by atoms with Crippen LogP contribution in [0, 0.1) is 10.1 Å². The number of carbonyl (C=O) groups is 1. The number of hydrogen-bond donors (Lipinski definition) is 1. The van der Waals surface area contributed by atoms with Crippen molar-refractivity contribution in [2.45, 2.75) is 0 Å². The number of aromatic nitrogens is 4. The van der Waals surface area contributed by atoms with Crippen molar-refractivity contribution in [2.75, 3.05) is 43.4 Å². The van der Waals surface area contributed by atoms with E-state index in [4.69, 9.17) is 0 Å². The number of rotatable bonds is 5. The van der Waals surface area contributed by atoms with E-state index in [1.807, 2.05) is 35.2 Å². The third-order valence-corrected chi connectivity index (χ3v) is 5.01. The zero-order chi connectivity index (χ0) is 21.1. The number of nitro groups is 1. The maximum atomic E-state index is 12.9. The number of nitro benzene ring substituents is 1. The molecule has 0 radical (unpaired) electrons. The molecule has 0 bridgehead atoms. The van der Waals surface area contributed by atoms with Crippen molar-refractivity contribution in [3.05, 3.63) is 64.2 Å². The molecule has 30 heavy (non-hydrogen) atoms. The molecule has 11 nitrogen and oxygen atoms in total. The van der Waals surface area contributed by atoms with Crippen molar-refractivity contribution in [2.24, 2.45) is 0 Å². The summed E-state index contributed by atoms with van der Waals surface area (Å²) in [5.41, 5.74) is 1.40. The third kappa shape index (κ3) is 3.64. The number of hydrogen-bond acceptors (Lipinski definition) is 8. The molecule has 1 saturated heterocycles. The van der Waals surface area contributed by atoms with E-state index >= 15 is 0 Å². The van der Waals surface area contributed by atoms with E-state index in [9.17, 15) is 14.9 Å². The number of carbonyl (C=O) groups excluding carboxylic acids is 1. The van der Waals surface area contributed by atoms with Gasteiger partial charge in [-0.3, -0.25) is 14.9 Å². The van der Waals surface area contributed by atoms with Gasteiger partial charge in [0.2, 0.25) is 5.95 Å². The van der Waals surface area contributed by atoms with Crippen LogP contribution in [-0.4, -0.2) is 69.2 Å². The second-order valence-electron chi connectivity index (χ2n) is 6.74. The molecule has 11 heteroatoms. The topological polar surface area (TPSA) is 122 Å². The molecule has 2 aromatic carbocycles. The van der Waals surface area contributed by atoms with Crippen LogP contribution in [0.2, 0.25) is 0 Å². The summed E-state index contributed by atoms with van der Waals surface area (Å²) in [6.45, 7) is 2.02. The number of piperazine rings is 1. The number of para-hydroxylation sites is 1. The Kier molecular flexibility index (Phi) is 5.24. The van der Waals surface area contributed by atoms with Crippen LogP contribution in [-0.2, 0) is 0 Å². The van der Waals surface area contributed by atoms with Crippen LogP contribution >= 0.6 is 0 Å². The van der Waals surface area contributed by atoms with Crippen LogP contribution in [0.5, 0.6) is 0 Å². The van der Waals surface area contributed by atoms with E-state index in [-0.39, 0.29) is 11.6 Å². The van der Waals surface area contributed by atoms with Crippen molar-refractivity contribution < 1.29 is 9.72 Å². The number of anilines is 2. The lowest BCUT2D eigenvalue weighted by Gasteiger charge is -2.34. The molecule has 1 aliphatic heterocycles. The first-order valence-electron chi connectivity index (χ1n) is 9.42. The SMILES string of the molecule is CNc1ccc(C(=O)N2CCN(c3nnnn3-c3ccccc3)CC2)cc1[N+](=O)[O-]. The van der Waals surface area contributed by atoms with Crippen molar-refractivity contribution in [1.82, 2.24) is 25.1 Å². The minimum Gasteiger partial charge on any atom is -0.383 e. The molecule has 1 fully saturated rings. The van der Waals surface area contributed by atoms with Crippen molar-refractivity contribution >= 4 is 23.2 Å². The first kappa shape index (κ1) is 19.3. The average Bonchev–Trinajstić information content (AvgIpc) is 3.29. The van der Waals surface area contributed by atoms with Gasteiger partial charge in [-0.05, 0) is 34.7 Å². The molecule has 2 heterocycles. The molecule has 3 aromatic rings. The molecule has 0 spiro atoms. The van der Waals surface area contributed by atoms with Crippen LogP contribution in [0.15, 0.2) is 48.5 Å². The maximum absolute atomic E-state index is 12.9. The molecule has 1 aromatic heterocycles. The highest BCUT2D eigenvalue weighted by molar-refractivity contribution is 5.96. The minimum absolute atomic E-state index is 0.121. The fraction of sp³-hybridized carbons (Fsp3) is 0.263. The summed E-state index contributed by atoms with van der Waals surface area (Å²) < 4.78 is 1.66. The minimum atomic E-state index is -0.496. The summed E-state index contributed by atoms with van der Waals surface area (Å²) in [5, 5.41) is 26.0. The molecule has 1 N–H and O–H groups in total. The maximum Gasteiger partial charge on any atom is 0.293 e. The van der Waals surface area contributed by atoms with Crippen molar-refractivity contribution in [3.8, 4) is 5.69 Å². The van der Waals surface area contributed by atoms with Gasteiger partial charge in [-0.2, -0.15) is 4.68 Å². The summed E-state index contributed by atoms with van der Waals surface area (Å²) >= 11 is 0. The Morgan fingerprint density at radius 3 is 2.50 bits per heavy atom. The Bertz CT molecular complexity index is 1060. The molecular formula is C19H20N8O3. The van der Waals surface area contributed by atoms with Gasteiger partial charge in [0.15, 0.2) is 0 Å². The van der Waals surface area contributed by atoms with E-state index in [0.29, 0.717) is 43.4 Å². The molecule has 1 amide bonds. The zero-order valence-electron chi connectivity index (χ0n) is 16.3. The standard InChI is InChI=1S/C19H20N8O3/c1-20-16-8-7-14(13-17(16)27(29)30)18(28)24-9-11-25(12-10-24)19-21-22-23-26(19)15-5-3-2-4-6-15/h2-8,13,20H,9-12H2,1H3. The van der Waals surface area contributed by atoms with Gasteiger partial charge in [0.25, 0.3) is 11.6 Å². The lowest BCUT2D eigenvalue weighted by molar-refractivity contribution is -0.384. The zero-order valence-corrected chi connectivity index (χ0v) is 16.3. The van der Waals surface area contributed by atoms with Gasteiger partial charge < -0.3 is 15.1 Å². The Labute approximate surface area is 172 Å². The van der Waals surface area contributed by atoms with Crippen molar-refractivity contribution in [3.63, 3.8) is 0 Å². The molecule has 0 saturated carbocycles. The summed E-state index contributed by atoms with van der Waals surface area (Å²) in [5.74, 6) is 0.380. The quantitative estimate of drug-likeness (QED) is 0.499. The summed E-state index contributed by atoms with van der Waals surface area (Å²) in [6.07, 6.45) is 0. The monoisotopic (exact) mass is 408 g/mol. The predicted molar refractivity (Wildman–Crippen MR) is 110 cm³/mol. The van der Waals surface area contributed by atoms with E-state index in [2.05, 4.69) is 20.8 Å². The van der Waals surface area contributed by atoms with E-state index in [1.165, 1.54) is 6.07 Å². The summed E-state index contributed by atoms with van der Waals surface area (Å²) in [6, 6.07) is 14.1.